The molecule has 0 aliphatic carbocycles. The summed E-state index contributed by atoms with van der Waals surface area (Å²) < 4.78 is 0. The molecule has 0 bridgehead atoms. The zero-order chi connectivity index (χ0) is 12.5. The van der Waals surface area contributed by atoms with Crippen LogP contribution in [0.25, 0.3) is 22.0 Å². The van der Waals surface area contributed by atoms with Gasteiger partial charge in [0.05, 0.1) is 5.52 Å². The molecule has 3 aromatic rings. The van der Waals surface area contributed by atoms with Gasteiger partial charge in [-0.05, 0) is 23.8 Å². The predicted molar refractivity (Wildman–Crippen MR) is 74.4 cm³/mol. The lowest BCUT2D eigenvalue weighted by atomic mass is 10.0. The van der Waals surface area contributed by atoms with Gasteiger partial charge in [0.25, 0.3) is 0 Å². The number of benzene rings is 2. The van der Waals surface area contributed by atoms with Crippen LogP contribution in [0.5, 0.6) is 0 Å². The van der Waals surface area contributed by atoms with Crippen LogP contribution >= 0.6 is 11.6 Å². The van der Waals surface area contributed by atoms with Gasteiger partial charge in [0.1, 0.15) is 0 Å². The van der Waals surface area contributed by atoms with Crippen molar-refractivity contribution in [1.29, 1.82) is 0 Å². The van der Waals surface area contributed by atoms with Crippen LogP contribution in [0, 0.1) is 0 Å². The van der Waals surface area contributed by atoms with Crippen molar-refractivity contribution >= 4 is 28.5 Å². The van der Waals surface area contributed by atoms with Crippen LogP contribution in [0.15, 0.2) is 48.7 Å². The molecule has 0 amide bonds. The van der Waals surface area contributed by atoms with Crippen LogP contribution in [0.2, 0.25) is 5.02 Å². The molecule has 0 spiro atoms. The smallest absolute Gasteiger partial charge is 0.220 e. The van der Waals surface area contributed by atoms with Crippen molar-refractivity contribution in [3.8, 4) is 11.1 Å². The number of anilines is 1. The van der Waals surface area contributed by atoms with Crippen LogP contribution < -0.4 is 5.73 Å². The maximum Gasteiger partial charge on any atom is 0.220 e. The summed E-state index contributed by atoms with van der Waals surface area (Å²) in [5, 5.41) is 1.68. The Balaban J connectivity index is 2.20. The van der Waals surface area contributed by atoms with Crippen molar-refractivity contribution in [2.75, 3.05) is 5.73 Å². The Hall–Kier alpha value is -2.13. The molecule has 2 aromatic carbocycles. The lowest BCUT2D eigenvalue weighted by Crippen LogP contribution is -1.94. The summed E-state index contributed by atoms with van der Waals surface area (Å²) in [6.07, 6.45) is 1.72. The van der Waals surface area contributed by atoms with Crippen molar-refractivity contribution in [2.45, 2.75) is 0 Å². The fourth-order valence-corrected chi connectivity index (χ4v) is 2.16. The summed E-state index contributed by atoms with van der Waals surface area (Å²) in [4.78, 5) is 8.16. The largest absolute Gasteiger partial charge is 0.368 e. The molecule has 1 aromatic heterocycles. The third kappa shape index (κ3) is 1.89. The van der Waals surface area contributed by atoms with E-state index in [1.165, 1.54) is 0 Å². The topological polar surface area (TPSA) is 51.8 Å². The van der Waals surface area contributed by atoms with Gasteiger partial charge in [-0.15, -0.1) is 0 Å². The van der Waals surface area contributed by atoms with E-state index in [1.807, 2.05) is 42.5 Å². The van der Waals surface area contributed by atoms with E-state index >= 15 is 0 Å². The zero-order valence-corrected chi connectivity index (χ0v) is 10.2. The normalized spacial score (nSPS) is 10.7. The van der Waals surface area contributed by atoms with Gasteiger partial charge in [0, 0.05) is 22.2 Å². The molecule has 0 aliphatic heterocycles. The summed E-state index contributed by atoms with van der Waals surface area (Å²) in [5.41, 5.74) is 8.43. The summed E-state index contributed by atoms with van der Waals surface area (Å²) in [6.45, 7) is 0. The number of halogens is 1. The third-order valence-corrected chi connectivity index (χ3v) is 3.11. The van der Waals surface area contributed by atoms with Gasteiger partial charge in [-0.2, -0.15) is 0 Å². The van der Waals surface area contributed by atoms with Gasteiger partial charge in [-0.25, -0.2) is 9.97 Å². The average Bonchev–Trinajstić information content (AvgIpc) is 2.39. The lowest BCUT2D eigenvalue weighted by Gasteiger charge is -2.05. The highest BCUT2D eigenvalue weighted by Gasteiger charge is 2.04. The lowest BCUT2D eigenvalue weighted by molar-refractivity contribution is 1.24. The molecule has 4 heteroatoms. The summed E-state index contributed by atoms with van der Waals surface area (Å²) >= 11 is 6.18. The number of aromatic nitrogens is 2. The van der Waals surface area contributed by atoms with E-state index in [4.69, 9.17) is 17.3 Å². The van der Waals surface area contributed by atoms with Crippen molar-refractivity contribution in [1.82, 2.24) is 9.97 Å². The standard InChI is InChI=1S/C14H10ClN3/c15-12-4-2-1-3-11(12)9-5-6-13-10(7-9)8-17-14(16)18-13/h1-8H,(H2,16,17,18). The van der Waals surface area contributed by atoms with Crippen LogP contribution in [0.3, 0.4) is 0 Å². The second-order valence-corrected chi connectivity index (χ2v) is 4.39. The highest BCUT2D eigenvalue weighted by atomic mass is 35.5. The molecular weight excluding hydrogens is 246 g/mol. The molecule has 3 rings (SSSR count). The number of rotatable bonds is 1. The number of nitrogens with zero attached hydrogens (tertiary/aromatic N) is 2. The Morgan fingerprint density at radius 3 is 2.72 bits per heavy atom. The molecule has 88 valence electrons. The molecule has 0 radical (unpaired) electrons. The second kappa shape index (κ2) is 4.27. The Bertz CT molecular complexity index is 725. The van der Waals surface area contributed by atoms with E-state index in [1.54, 1.807) is 6.20 Å². The highest BCUT2D eigenvalue weighted by molar-refractivity contribution is 6.33. The molecule has 3 nitrogen and oxygen atoms in total. The SMILES string of the molecule is Nc1ncc2cc(-c3ccccc3Cl)ccc2n1. The molecule has 0 atom stereocenters. The third-order valence-electron chi connectivity index (χ3n) is 2.78. The van der Waals surface area contributed by atoms with Gasteiger partial charge in [0.15, 0.2) is 0 Å². The molecule has 18 heavy (non-hydrogen) atoms. The average molecular weight is 256 g/mol. The van der Waals surface area contributed by atoms with Crippen LogP contribution in [-0.4, -0.2) is 9.97 Å². The Morgan fingerprint density at radius 1 is 1.06 bits per heavy atom. The number of fused-ring (bicyclic) bond motifs is 1. The Kier molecular flexibility index (Phi) is 2.61. The summed E-state index contributed by atoms with van der Waals surface area (Å²) in [5.74, 6) is 0.285. The molecule has 0 saturated heterocycles. The molecule has 1 heterocycles. The molecule has 0 aliphatic rings. The van der Waals surface area contributed by atoms with Crippen molar-refractivity contribution < 1.29 is 0 Å². The zero-order valence-electron chi connectivity index (χ0n) is 9.47. The van der Waals surface area contributed by atoms with Crippen LogP contribution in [0.1, 0.15) is 0 Å². The Morgan fingerprint density at radius 2 is 1.89 bits per heavy atom. The van der Waals surface area contributed by atoms with Gasteiger partial charge >= 0.3 is 0 Å². The number of hydrogen-bond acceptors (Lipinski definition) is 3. The van der Waals surface area contributed by atoms with Gasteiger partial charge < -0.3 is 5.73 Å². The Labute approximate surface area is 109 Å². The molecule has 2 N–H and O–H groups in total. The van der Waals surface area contributed by atoms with E-state index in [0.717, 1.165) is 27.1 Å². The maximum absolute atomic E-state index is 6.18. The molecule has 0 fully saturated rings. The summed E-state index contributed by atoms with van der Waals surface area (Å²) in [6, 6.07) is 13.7. The highest BCUT2D eigenvalue weighted by Crippen LogP contribution is 2.29. The molecule has 0 saturated carbocycles. The first-order chi connectivity index (χ1) is 8.74. The fourth-order valence-electron chi connectivity index (χ4n) is 1.91. The number of hydrogen-bond donors (Lipinski definition) is 1. The van der Waals surface area contributed by atoms with Crippen molar-refractivity contribution in [3.63, 3.8) is 0 Å². The minimum atomic E-state index is 0.285. The molecular formula is C14H10ClN3. The predicted octanol–water partition coefficient (Wildman–Crippen LogP) is 3.53. The van der Waals surface area contributed by atoms with E-state index in [0.29, 0.717) is 0 Å². The van der Waals surface area contributed by atoms with Gasteiger partial charge in [-0.1, -0.05) is 35.9 Å². The second-order valence-electron chi connectivity index (χ2n) is 3.98. The number of nitrogen functional groups attached to an aromatic ring is 1. The fraction of sp³-hybridized carbons (Fsp3) is 0. The number of nitrogens with two attached hydrogens (primary N) is 1. The van der Waals surface area contributed by atoms with E-state index in [2.05, 4.69) is 9.97 Å². The van der Waals surface area contributed by atoms with Crippen molar-refractivity contribution in [2.24, 2.45) is 0 Å². The van der Waals surface area contributed by atoms with E-state index in [9.17, 15) is 0 Å². The minimum absolute atomic E-state index is 0.285. The van der Waals surface area contributed by atoms with Gasteiger partial charge in [-0.3, -0.25) is 0 Å². The first-order valence-corrected chi connectivity index (χ1v) is 5.89. The van der Waals surface area contributed by atoms with Crippen molar-refractivity contribution in [3.05, 3.63) is 53.7 Å². The van der Waals surface area contributed by atoms with Gasteiger partial charge in [0.2, 0.25) is 5.95 Å². The summed E-state index contributed by atoms with van der Waals surface area (Å²) in [7, 11) is 0. The monoisotopic (exact) mass is 255 g/mol. The van der Waals surface area contributed by atoms with E-state index < -0.39 is 0 Å². The van der Waals surface area contributed by atoms with E-state index in [-0.39, 0.29) is 5.95 Å². The quantitative estimate of drug-likeness (QED) is 0.724. The molecule has 0 unspecified atom stereocenters. The first kappa shape index (κ1) is 11.0. The minimum Gasteiger partial charge on any atom is -0.368 e. The van der Waals surface area contributed by atoms with Crippen LogP contribution in [0.4, 0.5) is 5.95 Å². The maximum atomic E-state index is 6.18. The van der Waals surface area contributed by atoms with Crippen LogP contribution in [-0.2, 0) is 0 Å². The first-order valence-electron chi connectivity index (χ1n) is 5.51.